The Morgan fingerprint density at radius 3 is 3.00 bits per heavy atom. The predicted octanol–water partition coefficient (Wildman–Crippen LogP) is 1.18. The van der Waals surface area contributed by atoms with Gasteiger partial charge in [-0.25, -0.2) is 0 Å². The summed E-state index contributed by atoms with van der Waals surface area (Å²) in [5.74, 6) is -0.111. The highest BCUT2D eigenvalue weighted by Gasteiger charge is 2.13. The number of aliphatic hydroxyl groups excluding tert-OH is 1. The number of rotatable bonds is 5. The molecule has 0 spiro atoms. The van der Waals surface area contributed by atoms with E-state index >= 15 is 0 Å². The van der Waals surface area contributed by atoms with E-state index < -0.39 is 6.10 Å². The van der Waals surface area contributed by atoms with Crippen LogP contribution in [0.4, 0.5) is 0 Å². The smallest absolute Gasteiger partial charge is 0.251 e. The quantitative estimate of drug-likeness (QED) is 0.733. The van der Waals surface area contributed by atoms with Gasteiger partial charge in [-0.2, -0.15) is 0 Å². The van der Waals surface area contributed by atoms with Crippen LogP contribution in [0.15, 0.2) is 18.2 Å². The van der Waals surface area contributed by atoms with Gasteiger partial charge in [0.05, 0.1) is 6.10 Å². The number of amides is 1. The number of benzene rings is 1. The summed E-state index contributed by atoms with van der Waals surface area (Å²) in [5, 5.41) is 15.6. The van der Waals surface area contributed by atoms with Gasteiger partial charge in [0, 0.05) is 25.2 Å². The molecule has 1 unspecified atom stereocenters. The fourth-order valence-corrected chi connectivity index (χ4v) is 2.18. The monoisotopic (exact) mass is 248 g/mol. The minimum Gasteiger partial charge on any atom is -0.391 e. The average Bonchev–Trinajstić information content (AvgIpc) is 2.83. The zero-order chi connectivity index (χ0) is 13.0. The molecular formula is C14H20N2O2. The third-order valence-electron chi connectivity index (χ3n) is 3.22. The largest absolute Gasteiger partial charge is 0.391 e. The Kier molecular flexibility index (Phi) is 4.33. The van der Waals surface area contributed by atoms with Crippen LogP contribution in [0.3, 0.4) is 0 Å². The summed E-state index contributed by atoms with van der Waals surface area (Å²) in [5.41, 5.74) is 3.12. The molecule has 1 heterocycles. The Labute approximate surface area is 107 Å². The molecule has 2 rings (SSSR count). The molecule has 0 saturated heterocycles. The van der Waals surface area contributed by atoms with Crippen molar-refractivity contribution < 1.29 is 9.90 Å². The van der Waals surface area contributed by atoms with Crippen LogP contribution in [0.5, 0.6) is 0 Å². The van der Waals surface area contributed by atoms with E-state index in [1.165, 1.54) is 11.1 Å². The van der Waals surface area contributed by atoms with Crippen molar-refractivity contribution in [1.29, 1.82) is 0 Å². The van der Waals surface area contributed by atoms with Crippen LogP contribution in [0.1, 0.15) is 41.3 Å². The third-order valence-corrected chi connectivity index (χ3v) is 3.22. The first-order valence-electron chi connectivity index (χ1n) is 6.49. The molecule has 1 aliphatic heterocycles. The Morgan fingerprint density at radius 2 is 2.22 bits per heavy atom. The molecule has 3 N–H and O–H groups in total. The van der Waals surface area contributed by atoms with E-state index in [9.17, 15) is 9.90 Å². The van der Waals surface area contributed by atoms with Gasteiger partial charge in [-0.1, -0.05) is 19.4 Å². The first-order chi connectivity index (χ1) is 8.70. The second-order valence-corrected chi connectivity index (χ2v) is 4.74. The minimum absolute atomic E-state index is 0.111. The second-order valence-electron chi connectivity index (χ2n) is 4.74. The summed E-state index contributed by atoms with van der Waals surface area (Å²) in [4.78, 5) is 11.9. The highest BCUT2D eigenvalue weighted by Crippen LogP contribution is 2.16. The zero-order valence-corrected chi connectivity index (χ0v) is 10.7. The van der Waals surface area contributed by atoms with Gasteiger partial charge in [-0.05, 0) is 29.7 Å². The van der Waals surface area contributed by atoms with Gasteiger partial charge in [0.1, 0.15) is 0 Å². The van der Waals surface area contributed by atoms with Crippen LogP contribution >= 0.6 is 0 Å². The number of hydrogen-bond donors (Lipinski definition) is 3. The molecule has 1 aliphatic rings. The summed E-state index contributed by atoms with van der Waals surface area (Å²) in [6.45, 7) is 4.04. The van der Waals surface area contributed by atoms with E-state index in [4.69, 9.17) is 0 Å². The predicted molar refractivity (Wildman–Crippen MR) is 70.2 cm³/mol. The zero-order valence-electron chi connectivity index (χ0n) is 10.7. The molecule has 1 atom stereocenters. The first kappa shape index (κ1) is 13.1. The SMILES string of the molecule is CCCC(O)CNC(=O)c1ccc2c(c1)CNC2. The fourth-order valence-electron chi connectivity index (χ4n) is 2.18. The van der Waals surface area contributed by atoms with Gasteiger partial charge in [0.15, 0.2) is 0 Å². The molecule has 98 valence electrons. The van der Waals surface area contributed by atoms with Crippen molar-refractivity contribution >= 4 is 5.91 Å². The summed E-state index contributed by atoms with van der Waals surface area (Å²) in [6, 6.07) is 5.76. The van der Waals surface area contributed by atoms with Crippen molar-refractivity contribution in [2.75, 3.05) is 6.54 Å². The van der Waals surface area contributed by atoms with E-state index in [-0.39, 0.29) is 5.91 Å². The Morgan fingerprint density at radius 1 is 1.44 bits per heavy atom. The molecule has 0 saturated carbocycles. The van der Waals surface area contributed by atoms with E-state index in [2.05, 4.69) is 10.6 Å². The highest BCUT2D eigenvalue weighted by molar-refractivity contribution is 5.94. The number of hydrogen-bond acceptors (Lipinski definition) is 3. The van der Waals surface area contributed by atoms with Crippen LogP contribution in [0.25, 0.3) is 0 Å². The summed E-state index contributed by atoms with van der Waals surface area (Å²) >= 11 is 0. The van der Waals surface area contributed by atoms with Crippen LogP contribution in [-0.4, -0.2) is 23.7 Å². The van der Waals surface area contributed by atoms with Gasteiger partial charge in [0.25, 0.3) is 5.91 Å². The molecule has 1 amide bonds. The summed E-state index contributed by atoms with van der Waals surface area (Å²) in [7, 11) is 0. The lowest BCUT2D eigenvalue weighted by molar-refractivity contribution is 0.0910. The maximum Gasteiger partial charge on any atom is 0.251 e. The van der Waals surface area contributed by atoms with Crippen LogP contribution in [-0.2, 0) is 13.1 Å². The molecule has 0 aliphatic carbocycles. The van der Waals surface area contributed by atoms with Crippen molar-refractivity contribution in [3.63, 3.8) is 0 Å². The number of carbonyl (C=O) groups excluding carboxylic acids is 1. The molecule has 0 fully saturated rings. The van der Waals surface area contributed by atoms with E-state index in [1.54, 1.807) is 0 Å². The molecular weight excluding hydrogens is 228 g/mol. The fraction of sp³-hybridized carbons (Fsp3) is 0.500. The number of fused-ring (bicyclic) bond motifs is 1. The maximum atomic E-state index is 11.9. The van der Waals surface area contributed by atoms with Crippen LogP contribution in [0.2, 0.25) is 0 Å². The lowest BCUT2D eigenvalue weighted by atomic mass is 10.1. The van der Waals surface area contributed by atoms with Crippen molar-refractivity contribution in [1.82, 2.24) is 10.6 Å². The minimum atomic E-state index is -0.449. The number of nitrogens with one attached hydrogen (secondary N) is 2. The van der Waals surface area contributed by atoms with Gasteiger partial charge < -0.3 is 15.7 Å². The van der Waals surface area contributed by atoms with Gasteiger partial charge in [-0.3, -0.25) is 4.79 Å². The summed E-state index contributed by atoms with van der Waals surface area (Å²) in [6.07, 6.45) is 1.19. The first-order valence-corrected chi connectivity index (χ1v) is 6.49. The third kappa shape index (κ3) is 3.09. The molecule has 1 aromatic carbocycles. The standard InChI is InChI=1S/C14H20N2O2/c1-2-3-13(17)9-16-14(18)10-4-5-11-7-15-8-12(11)6-10/h4-6,13,15,17H,2-3,7-9H2,1H3,(H,16,18). The van der Waals surface area contributed by atoms with Gasteiger partial charge >= 0.3 is 0 Å². The normalized spacial score (nSPS) is 15.2. The van der Waals surface area contributed by atoms with E-state index in [0.717, 1.165) is 19.5 Å². The lowest BCUT2D eigenvalue weighted by Gasteiger charge is -2.11. The van der Waals surface area contributed by atoms with Crippen LogP contribution in [0, 0.1) is 0 Å². The molecule has 4 nitrogen and oxygen atoms in total. The van der Waals surface area contributed by atoms with Crippen molar-refractivity contribution in [2.24, 2.45) is 0 Å². The maximum absolute atomic E-state index is 11.9. The Balaban J connectivity index is 1.93. The van der Waals surface area contributed by atoms with Gasteiger partial charge in [0.2, 0.25) is 0 Å². The van der Waals surface area contributed by atoms with Crippen LogP contribution < -0.4 is 10.6 Å². The Bertz CT molecular complexity index is 432. The second kappa shape index (κ2) is 5.98. The highest BCUT2D eigenvalue weighted by atomic mass is 16.3. The van der Waals surface area contributed by atoms with Gasteiger partial charge in [-0.15, -0.1) is 0 Å². The number of carbonyl (C=O) groups is 1. The molecule has 18 heavy (non-hydrogen) atoms. The van der Waals surface area contributed by atoms with Crippen molar-refractivity contribution in [3.05, 3.63) is 34.9 Å². The summed E-state index contributed by atoms with van der Waals surface area (Å²) < 4.78 is 0. The topological polar surface area (TPSA) is 61.4 Å². The molecule has 0 radical (unpaired) electrons. The molecule has 0 bridgehead atoms. The van der Waals surface area contributed by atoms with Crippen molar-refractivity contribution in [2.45, 2.75) is 39.0 Å². The lowest BCUT2D eigenvalue weighted by Crippen LogP contribution is -2.32. The van der Waals surface area contributed by atoms with E-state index in [0.29, 0.717) is 18.5 Å². The van der Waals surface area contributed by atoms with E-state index in [1.807, 2.05) is 25.1 Å². The number of aliphatic hydroxyl groups is 1. The average molecular weight is 248 g/mol. The Hall–Kier alpha value is -1.39. The van der Waals surface area contributed by atoms with Crippen molar-refractivity contribution in [3.8, 4) is 0 Å². The molecule has 1 aromatic rings. The molecule has 4 heteroatoms. The molecule has 0 aromatic heterocycles.